The molecule has 1 aromatic heterocycles. The summed E-state index contributed by atoms with van der Waals surface area (Å²) >= 11 is 0. The van der Waals surface area contributed by atoms with Gasteiger partial charge >= 0.3 is 5.97 Å². The summed E-state index contributed by atoms with van der Waals surface area (Å²) < 4.78 is 11.2. The molecule has 1 aromatic rings. The first-order chi connectivity index (χ1) is 12.4. The van der Waals surface area contributed by atoms with Crippen molar-refractivity contribution in [3.63, 3.8) is 0 Å². The molecule has 1 aliphatic carbocycles. The van der Waals surface area contributed by atoms with Crippen LogP contribution in [0.1, 0.15) is 78.8 Å². The number of carbonyl (C=O) groups excluding carboxylic acids is 2. The third kappa shape index (κ3) is 3.34. The predicted molar refractivity (Wildman–Crippen MR) is 97.4 cm³/mol. The van der Waals surface area contributed by atoms with Crippen LogP contribution in [0.5, 0.6) is 0 Å². The molecule has 2 atom stereocenters. The van der Waals surface area contributed by atoms with Crippen LogP contribution < -0.4 is 0 Å². The molecule has 0 bridgehead atoms. The number of nitrogens with zero attached hydrogens (tertiary/aromatic N) is 1. The Morgan fingerprint density at radius 1 is 1.23 bits per heavy atom. The van der Waals surface area contributed by atoms with E-state index in [1.165, 1.54) is 45.0 Å². The molecule has 142 valence electrons. The van der Waals surface area contributed by atoms with E-state index < -0.39 is 5.97 Å². The molecule has 5 nitrogen and oxygen atoms in total. The van der Waals surface area contributed by atoms with Gasteiger partial charge in [0.25, 0.3) is 0 Å². The third-order valence-electron chi connectivity index (χ3n) is 6.30. The van der Waals surface area contributed by atoms with Gasteiger partial charge in [0.1, 0.15) is 17.6 Å². The number of carbonyl (C=O) groups is 2. The SMILES string of the molecule is CC1(C)CC(=O)c2c(C(=O)OC[C@H]3CCCN4CCCC[C@H]34)coc2C1. The second-order valence-corrected chi connectivity index (χ2v) is 8.99. The maximum absolute atomic E-state index is 12.6. The number of hydrogen-bond donors (Lipinski definition) is 0. The topological polar surface area (TPSA) is 59.8 Å². The summed E-state index contributed by atoms with van der Waals surface area (Å²) in [5.41, 5.74) is 0.657. The molecule has 0 amide bonds. The van der Waals surface area contributed by atoms with Crippen LogP contribution in [0.2, 0.25) is 0 Å². The van der Waals surface area contributed by atoms with Crippen molar-refractivity contribution in [2.45, 2.75) is 64.8 Å². The molecule has 3 heterocycles. The Kier molecular flexibility index (Phi) is 4.68. The highest BCUT2D eigenvalue weighted by atomic mass is 16.5. The molecule has 2 aliphatic heterocycles. The lowest BCUT2D eigenvalue weighted by molar-refractivity contribution is 0.00725. The number of furan rings is 1. The summed E-state index contributed by atoms with van der Waals surface area (Å²) in [6.45, 7) is 6.89. The van der Waals surface area contributed by atoms with E-state index in [4.69, 9.17) is 9.15 Å². The van der Waals surface area contributed by atoms with Crippen LogP contribution in [-0.4, -0.2) is 42.4 Å². The van der Waals surface area contributed by atoms with Crippen molar-refractivity contribution in [1.29, 1.82) is 0 Å². The highest BCUT2D eigenvalue weighted by Gasteiger charge is 2.38. The largest absolute Gasteiger partial charge is 0.468 e. The average molecular weight is 359 g/mol. The lowest BCUT2D eigenvalue weighted by Crippen LogP contribution is -2.49. The second-order valence-electron chi connectivity index (χ2n) is 8.99. The molecule has 0 aromatic carbocycles. The van der Waals surface area contributed by atoms with E-state index in [2.05, 4.69) is 4.90 Å². The first-order valence-electron chi connectivity index (χ1n) is 9.99. The van der Waals surface area contributed by atoms with Gasteiger partial charge < -0.3 is 9.15 Å². The molecule has 0 N–H and O–H groups in total. The van der Waals surface area contributed by atoms with Crippen molar-refractivity contribution >= 4 is 11.8 Å². The van der Waals surface area contributed by atoms with Gasteiger partial charge in [-0.15, -0.1) is 0 Å². The van der Waals surface area contributed by atoms with Crippen molar-refractivity contribution in [1.82, 2.24) is 4.90 Å². The predicted octanol–water partition coefficient (Wildman–Crippen LogP) is 3.86. The molecular weight excluding hydrogens is 330 g/mol. The molecule has 2 saturated heterocycles. The number of ketones is 1. The molecule has 26 heavy (non-hydrogen) atoms. The highest BCUT2D eigenvalue weighted by molar-refractivity contribution is 6.07. The van der Waals surface area contributed by atoms with Crippen LogP contribution in [0.3, 0.4) is 0 Å². The van der Waals surface area contributed by atoms with Gasteiger partial charge in [-0.25, -0.2) is 4.79 Å². The lowest BCUT2D eigenvalue weighted by atomic mass is 9.76. The Morgan fingerprint density at radius 2 is 2.04 bits per heavy atom. The average Bonchev–Trinajstić information content (AvgIpc) is 3.02. The van der Waals surface area contributed by atoms with Crippen molar-refractivity contribution in [3.8, 4) is 0 Å². The first kappa shape index (κ1) is 17.8. The fraction of sp³-hybridized carbons (Fsp3) is 0.714. The summed E-state index contributed by atoms with van der Waals surface area (Å²) in [6.07, 6.45) is 8.59. The second kappa shape index (κ2) is 6.84. The molecule has 0 spiro atoms. The fourth-order valence-corrected chi connectivity index (χ4v) is 5.04. The number of piperidine rings is 2. The Hall–Kier alpha value is -1.62. The van der Waals surface area contributed by atoms with Gasteiger partial charge in [-0.2, -0.15) is 0 Å². The van der Waals surface area contributed by atoms with E-state index in [1.54, 1.807) is 0 Å². The zero-order valence-electron chi connectivity index (χ0n) is 15.9. The van der Waals surface area contributed by atoms with Crippen LogP contribution >= 0.6 is 0 Å². The zero-order chi connectivity index (χ0) is 18.3. The summed E-state index contributed by atoms with van der Waals surface area (Å²) in [5, 5.41) is 0. The molecule has 0 radical (unpaired) electrons. The number of fused-ring (bicyclic) bond motifs is 2. The fourth-order valence-electron chi connectivity index (χ4n) is 5.04. The van der Waals surface area contributed by atoms with E-state index in [9.17, 15) is 9.59 Å². The number of hydrogen-bond acceptors (Lipinski definition) is 5. The van der Waals surface area contributed by atoms with Crippen LogP contribution in [-0.2, 0) is 11.2 Å². The minimum Gasteiger partial charge on any atom is -0.468 e. The van der Waals surface area contributed by atoms with Crippen molar-refractivity contribution in [2.75, 3.05) is 19.7 Å². The van der Waals surface area contributed by atoms with Crippen LogP contribution in [0.15, 0.2) is 10.7 Å². The third-order valence-corrected chi connectivity index (χ3v) is 6.30. The summed E-state index contributed by atoms with van der Waals surface area (Å²) in [6, 6.07) is 0.547. The van der Waals surface area contributed by atoms with Crippen molar-refractivity contribution < 1.29 is 18.7 Å². The monoisotopic (exact) mass is 359 g/mol. The molecule has 3 aliphatic rings. The lowest BCUT2D eigenvalue weighted by Gasteiger charge is -2.44. The van der Waals surface area contributed by atoms with Crippen LogP contribution in [0.4, 0.5) is 0 Å². The molecule has 2 fully saturated rings. The minimum absolute atomic E-state index is 0.00641. The van der Waals surface area contributed by atoms with Gasteiger partial charge in [-0.1, -0.05) is 20.3 Å². The Balaban J connectivity index is 1.43. The number of rotatable bonds is 3. The van der Waals surface area contributed by atoms with Gasteiger partial charge in [-0.3, -0.25) is 9.69 Å². The van der Waals surface area contributed by atoms with E-state index in [-0.39, 0.29) is 11.2 Å². The standard InChI is InChI=1S/C21H29NO4/c1-21(2)10-17(23)19-15(13-25-18(19)11-21)20(24)26-12-14-6-5-9-22-8-4-3-7-16(14)22/h13-14,16H,3-12H2,1-2H3/t14-,16-/m1/s1. The molecule has 0 unspecified atom stereocenters. The highest BCUT2D eigenvalue weighted by Crippen LogP contribution is 2.37. The number of ether oxygens (including phenoxy) is 1. The van der Waals surface area contributed by atoms with Crippen LogP contribution in [0, 0.1) is 11.3 Å². The smallest absolute Gasteiger partial charge is 0.342 e. The number of esters is 1. The van der Waals surface area contributed by atoms with E-state index in [0.717, 1.165) is 6.42 Å². The van der Waals surface area contributed by atoms with Gasteiger partial charge in [0.05, 0.1) is 12.2 Å². The summed E-state index contributed by atoms with van der Waals surface area (Å²) in [4.78, 5) is 27.7. The van der Waals surface area contributed by atoms with E-state index in [1.807, 2.05) is 13.8 Å². The van der Waals surface area contributed by atoms with Gasteiger partial charge in [0.2, 0.25) is 0 Å². The van der Waals surface area contributed by atoms with Gasteiger partial charge in [0, 0.05) is 24.8 Å². The molecule has 0 saturated carbocycles. The zero-order valence-corrected chi connectivity index (χ0v) is 15.9. The summed E-state index contributed by atoms with van der Waals surface area (Å²) in [5.74, 6) is 0.628. The summed E-state index contributed by atoms with van der Waals surface area (Å²) in [7, 11) is 0. The normalized spacial score (nSPS) is 28.3. The quantitative estimate of drug-likeness (QED) is 0.767. The molecular formula is C21H29NO4. The van der Waals surface area contributed by atoms with Crippen molar-refractivity contribution in [3.05, 3.63) is 23.2 Å². The Bertz CT molecular complexity index is 703. The van der Waals surface area contributed by atoms with E-state index >= 15 is 0 Å². The minimum atomic E-state index is -0.406. The maximum atomic E-state index is 12.6. The molecule has 5 heteroatoms. The maximum Gasteiger partial charge on any atom is 0.342 e. The Morgan fingerprint density at radius 3 is 2.88 bits per heavy atom. The first-order valence-corrected chi connectivity index (χ1v) is 9.99. The number of Topliss-reactive ketones (excluding diaryl/α,β-unsaturated/α-hetero) is 1. The van der Waals surface area contributed by atoms with Gasteiger partial charge in [-0.05, 0) is 44.2 Å². The Labute approximate surface area is 155 Å². The van der Waals surface area contributed by atoms with Crippen molar-refractivity contribution in [2.24, 2.45) is 11.3 Å². The van der Waals surface area contributed by atoms with E-state index in [0.29, 0.717) is 48.3 Å². The van der Waals surface area contributed by atoms with Crippen LogP contribution in [0.25, 0.3) is 0 Å². The molecule has 4 rings (SSSR count). The van der Waals surface area contributed by atoms with Gasteiger partial charge in [0.15, 0.2) is 5.78 Å².